The summed E-state index contributed by atoms with van der Waals surface area (Å²) in [5.74, 6) is 0.446. The van der Waals surface area contributed by atoms with Gasteiger partial charge >= 0.3 is 0 Å². The Balaban J connectivity index is 2.94. The molecule has 3 nitrogen and oxygen atoms in total. The molecule has 2 aromatic heterocycles. The first-order valence-electron chi connectivity index (χ1n) is 5.26. The van der Waals surface area contributed by atoms with Gasteiger partial charge in [-0.3, -0.25) is 0 Å². The Morgan fingerprint density at radius 2 is 2.00 bits per heavy atom. The number of rotatable bonds is 1. The van der Waals surface area contributed by atoms with Crippen LogP contribution in [0.1, 0.15) is 36.7 Å². The first kappa shape index (κ1) is 10.1. The van der Waals surface area contributed by atoms with Crippen molar-refractivity contribution in [3.63, 3.8) is 0 Å². The largest absolute Gasteiger partial charge is 0.443 e. The Kier molecular flexibility index (Phi) is 2.25. The van der Waals surface area contributed by atoms with Crippen molar-refractivity contribution in [2.75, 3.05) is 0 Å². The van der Waals surface area contributed by atoms with Gasteiger partial charge < -0.3 is 4.42 Å². The third-order valence-corrected chi connectivity index (χ3v) is 3.10. The maximum atomic E-state index is 5.45. The number of hydrogen-bond donors (Lipinski definition) is 0. The highest BCUT2D eigenvalue weighted by atomic mass is 16.3. The summed E-state index contributed by atoms with van der Waals surface area (Å²) in [7, 11) is 2.09. The first-order valence-corrected chi connectivity index (χ1v) is 5.26. The molecule has 0 saturated heterocycles. The van der Waals surface area contributed by atoms with Crippen LogP contribution in [0.4, 0.5) is 0 Å². The fourth-order valence-electron chi connectivity index (χ4n) is 2.11. The highest BCUT2D eigenvalue weighted by Crippen LogP contribution is 2.24. The van der Waals surface area contributed by atoms with Gasteiger partial charge in [-0.25, -0.2) is 9.55 Å². The van der Waals surface area contributed by atoms with Gasteiger partial charge in [0.25, 0.3) is 0 Å². The molecule has 0 aliphatic heterocycles. The molecule has 0 unspecified atom stereocenters. The van der Waals surface area contributed by atoms with Crippen LogP contribution >= 0.6 is 0 Å². The minimum absolute atomic E-state index is 0.446. The van der Waals surface area contributed by atoms with E-state index in [0.29, 0.717) is 5.92 Å². The molecular formula is C12H17N2O+. The number of nitrogens with zero attached hydrogens (tertiary/aromatic N) is 2. The second-order valence-corrected chi connectivity index (χ2v) is 4.34. The van der Waals surface area contributed by atoms with Gasteiger partial charge in [0.2, 0.25) is 5.69 Å². The molecule has 0 saturated carbocycles. The molecule has 0 N–H and O–H groups in total. The van der Waals surface area contributed by atoms with Crippen LogP contribution in [0.25, 0.3) is 11.1 Å². The summed E-state index contributed by atoms with van der Waals surface area (Å²) in [6.45, 7) is 8.55. The Hall–Kier alpha value is -1.38. The molecule has 0 amide bonds. The van der Waals surface area contributed by atoms with Gasteiger partial charge in [-0.05, 0) is 6.92 Å². The summed E-state index contributed by atoms with van der Waals surface area (Å²) in [6, 6.07) is 0. The molecule has 0 fully saturated rings. The van der Waals surface area contributed by atoms with Gasteiger partial charge in [-0.2, -0.15) is 0 Å². The molecule has 2 aromatic rings. The Labute approximate surface area is 89.7 Å². The SMILES string of the molecule is Cc1c(C)[n+](C)c(C(C)C)c2ncoc12. The van der Waals surface area contributed by atoms with Gasteiger partial charge in [-0.1, -0.05) is 13.8 Å². The van der Waals surface area contributed by atoms with E-state index in [4.69, 9.17) is 4.42 Å². The van der Waals surface area contributed by atoms with Crippen LogP contribution < -0.4 is 4.57 Å². The molecule has 0 aromatic carbocycles. The van der Waals surface area contributed by atoms with Gasteiger partial charge in [-0.15, -0.1) is 0 Å². The third kappa shape index (κ3) is 1.34. The van der Waals surface area contributed by atoms with Crippen molar-refractivity contribution >= 4 is 11.1 Å². The van der Waals surface area contributed by atoms with Crippen molar-refractivity contribution in [3.8, 4) is 0 Å². The molecule has 15 heavy (non-hydrogen) atoms. The van der Waals surface area contributed by atoms with Crippen molar-refractivity contribution in [1.29, 1.82) is 0 Å². The van der Waals surface area contributed by atoms with E-state index < -0.39 is 0 Å². The summed E-state index contributed by atoms with van der Waals surface area (Å²) < 4.78 is 7.66. The van der Waals surface area contributed by atoms with E-state index >= 15 is 0 Å². The average molecular weight is 205 g/mol. The number of fused-ring (bicyclic) bond motifs is 1. The highest BCUT2D eigenvalue weighted by molar-refractivity contribution is 5.77. The molecule has 0 atom stereocenters. The van der Waals surface area contributed by atoms with Gasteiger partial charge in [0, 0.05) is 12.8 Å². The molecule has 0 aliphatic rings. The van der Waals surface area contributed by atoms with Crippen LogP contribution in [-0.2, 0) is 7.05 Å². The zero-order valence-corrected chi connectivity index (χ0v) is 9.96. The fraction of sp³-hybridized carbons (Fsp3) is 0.500. The van der Waals surface area contributed by atoms with Crippen LogP contribution in [0, 0.1) is 13.8 Å². The van der Waals surface area contributed by atoms with Crippen molar-refractivity contribution in [1.82, 2.24) is 4.98 Å². The van der Waals surface area contributed by atoms with Crippen molar-refractivity contribution in [2.45, 2.75) is 33.6 Å². The van der Waals surface area contributed by atoms with Gasteiger partial charge in [0.15, 0.2) is 23.2 Å². The van der Waals surface area contributed by atoms with Crippen LogP contribution in [-0.4, -0.2) is 4.98 Å². The molecule has 2 rings (SSSR count). The zero-order valence-electron chi connectivity index (χ0n) is 9.96. The number of pyridine rings is 1. The normalized spacial score (nSPS) is 11.6. The lowest BCUT2D eigenvalue weighted by atomic mass is 10.0. The zero-order chi connectivity index (χ0) is 11.2. The molecule has 80 valence electrons. The van der Waals surface area contributed by atoms with E-state index in [-0.39, 0.29) is 0 Å². The summed E-state index contributed by atoms with van der Waals surface area (Å²) in [6.07, 6.45) is 1.53. The minimum atomic E-state index is 0.446. The minimum Gasteiger partial charge on any atom is -0.443 e. The second-order valence-electron chi connectivity index (χ2n) is 4.34. The monoisotopic (exact) mass is 205 g/mol. The van der Waals surface area contributed by atoms with E-state index in [9.17, 15) is 0 Å². The molecule has 3 heteroatoms. The number of oxazole rings is 1. The number of aromatic nitrogens is 2. The Bertz CT molecular complexity index is 512. The lowest BCUT2D eigenvalue weighted by Gasteiger charge is -2.08. The van der Waals surface area contributed by atoms with E-state index in [1.807, 2.05) is 0 Å². The van der Waals surface area contributed by atoms with E-state index in [1.165, 1.54) is 23.3 Å². The van der Waals surface area contributed by atoms with E-state index in [0.717, 1.165) is 11.1 Å². The predicted octanol–water partition coefficient (Wildman–Crippen LogP) is 2.39. The lowest BCUT2D eigenvalue weighted by molar-refractivity contribution is -0.685. The Morgan fingerprint density at radius 1 is 1.33 bits per heavy atom. The van der Waals surface area contributed by atoms with E-state index in [2.05, 4.69) is 44.3 Å². The summed E-state index contributed by atoms with van der Waals surface area (Å²) >= 11 is 0. The summed E-state index contributed by atoms with van der Waals surface area (Å²) in [5.41, 5.74) is 5.57. The van der Waals surface area contributed by atoms with Crippen LogP contribution in [0.2, 0.25) is 0 Å². The molecule has 0 bridgehead atoms. The maximum Gasteiger partial charge on any atom is 0.213 e. The number of aryl methyl sites for hydroxylation is 1. The van der Waals surface area contributed by atoms with Crippen molar-refractivity contribution in [3.05, 3.63) is 23.3 Å². The lowest BCUT2D eigenvalue weighted by Crippen LogP contribution is -2.38. The standard InChI is InChI=1S/C12H17N2O/c1-7(2)11-10-12(15-6-13-10)8(3)9(4)14(11)5/h6-7H,1-5H3/q+1. The number of hydrogen-bond acceptors (Lipinski definition) is 2. The van der Waals surface area contributed by atoms with Crippen molar-refractivity contribution < 1.29 is 8.98 Å². The summed E-state index contributed by atoms with van der Waals surface area (Å²) in [4.78, 5) is 4.32. The third-order valence-electron chi connectivity index (χ3n) is 3.10. The second kappa shape index (κ2) is 3.33. The van der Waals surface area contributed by atoms with Crippen LogP contribution in [0.5, 0.6) is 0 Å². The van der Waals surface area contributed by atoms with Crippen molar-refractivity contribution in [2.24, 2.45) is 7.05 Å². The predicted molar refractivity (Wildman–Crippen MR) is 58.7 cm³/mol. The molecule has 2 heterocycles. The quantitative estimate of drug-likeness (QED) is 0.669. The van der Waals surface area contributed by atoms with Gasteiger partial charge in [0.05, 0.1) is 5.56 Å². The highest BCUT2D eigenvalue weighted by Gasteiger charge is 2.24. The Morgan fingerprint density at radius 3 is 2.60 bits per heavy atom. The van der Waals surface area contributed by atoms with Gasteiger partial charge in [0.1, 0.15) is 7.05 Å². The maximum absolute atomic E-state index is 5.45. The molecular weight excluding hydrogens is 188 g/mol. The average Bonchev–Trinajstić information content (AvgIpc) is 2.62. The van der Waals surface area contributed by atoms with E-state index in [1.54, 1.807) is 0 Å². The van der Waals surface area contributed by atoms with Crippen LogP contribution in [0.3, 0.4) is 0 Å². The molecule has 0 radical (unpaired) electrons. The molecule has 0 spiro atoms. The topological polar surface area (TPSA) is 29.9 Å². The fourth-order valence-corrected chi connectivity index (χ4v) is 2.11. The summed E-state index contributed by atoms with van der Waals surface area (Å²) in [5, 5.41) is 0. The first-order chi connectivity index (χ1) is 7.04. The molecule has 0 aliphatic carbocycles. The van der Waals surface area contributed by atoms with Crippen LogP contribution in [0.15, 0.2) is 10.8 Å². The smallest absolute Gasteiger partial charge is 0.213 e.